The number of carbonyl (C=O) groups excluding carboxylic acids is 2. The second kappa shape index (κ2) is 8.09. The maximum absolute atomic E-state index is 12.3. The van der Waals surface area contributed by atoms with Crippen LogP contribution in [-0.4, -0.2) is 32.7 Å². The highest BCUT2D eigenvalue weighted by molar-refractivity contribution is 6.05. The molecule has 0 unspecified atom stereocenters. The Morgan fingerprint density at radius 3 is 2.40 bits per heavy atom. The molecule has 132 valence electrons. The summed E-state index contributed by atoms with van der Waals surface area (Å²) in [5.41, 5.74) is 0.820. The van der Waals surface area contributed by atoms with Crippen LogP contribution in [0.15, 0.2) is 42.5 Å². The lowest BCUT2D eigenvalue weighted by molar-refractivity contribution is -0.0512. The fourth-order valence-electron chi connectivity index (χ4n) is 2.05. The van der Waals surface area contributed by atoms with Gasteiger partial charge in [0.25, 0.3) is 5.91 Å². The topological polar surface area (TPSA) is 73.9 Å². The van der Waals surface area contributed by atoms with Crippen LogP contribution >= 0.6 is 0 Å². The number of anilines is 1. The monoisotopic (exact) mass is 351 g/mol. The summed E-state index contributed by atoms with van der Waals surface area (Å²) < 4.78 is 38.5. The van der Waals surface area contributed by atoms with E-state index in [1.54, 1.807) is 18.2 Å². The minimum atomic E-state index is -3.00. The minimum Gasteiger partial charge on any atom is -0.493 e. The van der Waals surface area contributed by atoms with Gasteiger partial charge >= 0.3 is 12.6 Å². The second-order valence-corrected chi connectivity index (χ2v) is 4.77. The maximum atomic E-state index is 12.3. The van der Waals surface area contributed by atoms with Crippen molar-refractivity contribution in [1.82, 2.24) is 0 Å². The fraction of sp³-hybridized carbons (Fsp3) is 0.176. The summed E-state index contributed by atoms with van der Waals surface area (Å²) in [6.45, 7) is -3.00. The largest absolute Gasteiger partial charge is 0.493 e. The Bertz CT molecular complexity index is 779. The molecule has 0 atom stereocenters. The van der Waals surface area contributed by atoms with Gasteiger partial charge in [0.1, 0.15) is 0 Å². The maximum Gasteiger partial charge on any atom is 0.387 e. The summed E-state index contributed by atoms with van der Waals surface area (Å²) in [5, 5.41) is 2.60. The van der Waals surface area contributed by atoms with Crippen LogP contribution in [0.4, 0.5) is 14.5 Å². The Kier molecular flexibility index (Phi) is 5.89. The molecule has 0 heterocycles. The van der Waals surface area contributed by atoms with Crippen molar-refractivity contribution in [3.63, 3.8) is 0 Å². The predicted octanol–water partition coefficient (Wildman–Crippen LogP) is 3.34. The Labute approximate surface area is 142 Å². The van der Waals surface area contributed by atoms with Gasteiger partial charge in [-0.15, -0.1) is 0 Å². The van der Waals surface area contributed by atoms with E-state index in [2.05, 4.69) is 14.8 Å². The van der Waals surface area contributed by atoms with Gasteiger partial charge in [0.2, 0.25) is 0 Å². The van der Waals surface area contributed by atoms with Crippen molar-refractivity contribution in [3.05, 3.63) is 53.6 Å². The summed E-state index contributed by atoms with van der Waals surface area (Å²) >= 11 is 0. The number of halogens is 2. The second-order valence-electron chi connectivity index (χ2n) is 4.77. The van der Waals surface area contributed by atoms with Crippen molar-refractivity contribution < 1.29 is 32.6 Å². The van der Waals surface area contributed by atoms with Gasteiger partial charge in [0.15, 0.2) is 11.5 Å². The first-order valence-electron chi connectivity index (χ1n) is 7.07. The lowest BCUT2D eigenvalue weighted by atomic mass is 10.1. The summed E-state index contributed by atoms with van der Waals surface area (Å²) in [5.74, 6) is -1.23. The van der Waals surface area contributed by atoms with Crippen LogP contribution in [0, 0.1) is 0 Å². The van der Waals surface area contributed by atoms with Gasteiger partial charge in [-0.25, -0.2) is 4.79 Å². The first-order chi connectivity index (χ1) is 11.9. The van der Waals surface area contributed by atoms with Gasteiger partial charge in [-0.05, 0) is 36.4 Å². The van der Waals surface area contributed by atoms with Gasteiger partial charge in [-0.3, -0.25) is 4.79 Å². The average Bonchev–Trinajstić information content (AvgIpc) is 2.61. The molecule has 0 aliphatic rings. The smallest absolute Gasteiger partial charge is 0.387 e. The van der Waals surface area contributed by atoms with E-state index in [1.165, 1.54) is 38.5 Å². The van der Waals surface area contributed by atoms with Crippen LogP contribution < -0.4 is 14.8 Å². The number of carbonyl (C=O) groups is 2. The van der Waals surface area contributed by atoms with E-state index in [4.69, 9.17) is 4.74 Å². The van der Waals surface area contributed by atoms with Crippen LogP contribution in [0.5, 0.6) is 11.5 Å². The number of alkyl halides is 2. The molecule has 2 aromatic carbocycles. The quantitative estimate of drug-likeness (QED) is 0.808. The molecule has 1 amide bonds. The number of hydrogen-bond donors (Lipinski definition) is 1. The molecule has 0 saturated carbocycles. The number of methoxy groups -OCH3 is 2. The molecule has 0 bridgehead atoms. The summed E-state index contributed by atoms with van der Waals surface area (Å²) in [7, 11) is 2.53. The van der Waals surface area contributed by atoms with Gasteiger partial charge < -0.3 is 19.5 Å². The first-order valence-corrected chi connectivity index (χ1v) is 7.07. The van der Waals surface area contributed by atoms with Crippen LogP contribution in [0.1, 0.15) is 20.7 Å². The van der Waals surface area contributed by atoms with Crippen molar-refractivity contribution in [2.45, 2.75) is 6.61 Å². The number of ether oxygens (including phenoxy) is 3. The van der Waals surface area contributed by atoms with Crippen LogP contribution in [-0.2, 0) is 4.74 Å². The molecular weight excluding hydrogens is 336 g/mol. The molecule has 8 heteroatoms. The van der Waals surface area contributed by atoms with Gasteiger partial charge in [0, 0.05) is 11.3 Å². The lowest BCUT2D eigenvalue weighted by Crippen LogP contribution is -2.13. The molecular formula is C17H15F2NO5. The molecule has 25 heavy (non-hydrogen) atoms. The highest BCUT2D eigenvalue weighted by Crippen LogP contribution is 2.29. The normalized spacial score (nSPS) is 10.3. The number of nitrogens with one attached hydrogen (secondary N) is 1. The van der Waals surface area contributed by atoms with E-state index in [0.29, 0.717) is 5.69 Å². The first kappa shape index (κ1) is 18.2. The third-order valence-corrected chi connectivity index (χ3v) is 3.18. The van der Waals surface area contributed by atoms with Crippen molar-refractivity contribution in [2.75, 3.05) is 19.5 Å². The molecule has 0 saturated heterocycles. The van der Waals surface area contributed by atoms with Gasteiger partial charge in [-0.2, -0.15) is 8.78 Å². The molecule has 0 aromatic heterocycles. The highest BCUT2D eigenvalue weighted by atomic mass is 19.3. The van der Waals surface area contributed by atoms with Crippen molar-refractivity contribution >= 4 is 17.6 Å². The molecule has 6 nitrogen and oxygen atoms in total. The molecule has 0 radical (unpaired) electrons. The van der Waals surface area contributed by atoms with E-state index in [9.17, 15) is 18.4 Å². The standard InChI is InChI=1S/C17H15F2NO5/c1-23-14-9-10(6-7-13(14)25-17(18)19)15(21)20-12-5-3-4-11(8-12)16(22)24-2/h3-9,17H,1-2H3,(H,20,21). The van der Waals surface area contributed by atoms with Crippen molar-refractivity contribution in [1.29, 1.82) is 0 Å². The molecule has 0 fully saturated rings. The molecule has 0 aliphatic carbocycles. The zero-order valence-corrected chi connectivity index (χ0v) is 13.4. The van der Waals surface area contributed by atoms with E-state index in [1.807, 2.05) is 0 Å². The molecule has 2 aromatic rings. The SMILES string of the molecule is COC(=O)c1cccc(NC(=O)c2ccc(OC(F)F)c(OC)c2)c1. The van der Waals surface area contributed by atoms with Crippen molar-refractivity contribution in [2.24, 2.45) is 0 Å². The molecule has 0 aliphatic heterocycles. The number of rotatable bonds is 6. The lowest BCUT2D eigenvalue weighted by Gasteiger charge is -2.12. The van der Waals surface area contributed by atoms with E-state index in [-0.39, 0.29) is 22.6 Å². The number of hydrogen-bond acceptors (Lipinski definition) is 5. The van der Waals surface area contributed by atoms with E-state index in [0.717, 1.165) is 0 Å². The van der Waals surface area contributed by atoms with Gasteiger partial charge in [0.05, 0.1) is 19.8 Å². The Balaban J connectivity index is 2.19. The minimum absolute atomic E-state index is 0.00346. The number of esters is 1. The predicted molar refractivity (Wildman–Crippen MR) is 85.4 cm³/mol. The molecule has 2 rings (SSSR count). The Hall–Kier alpha value is -3.16. The third kappa shape index (κ3) is 4.66. The zero-order chi connectivity index (χ0) is 18.4. The fourth-order valence-corrected chi connectivity index (χ4v) is 2.05. The molecule has 1 N–H and O–H groups in total. The van der Waals surface area contributed by atoms with E-state index >= 15 is 0 Å². The van der Waals surface area contributed by atoms with Crippen LogP contribution in [0.3, 0.4) is 0 Å². The van der Waals surface area contributed by atoms with E-state index < -0.39 is 18.5 Å². The van der Waals surface area contributed by atoms with Gasteiger partial charge in [-0.1, -0.05) is 6.07 Å². The third-order valence-electron chi connectivity index (χ3n) is 3.18. The highest BCUT2D eigenvalue weighted by Gasteiger charge is 2.15. The summed E-state index contributed by atoms with van der Waals surface area (Å²) in [4.78, 5) is 23.8. The van der Waals surface area contributed by atoms with Crippen molar-refractivity contribution in [3.8, 4) is 11.5 Å². The number of amides is 1. The molecule has 0 spiro atoms. The summed E-state index contributed by atoms with van der Waals surface area (Å²) in [6, 6.07) is 9.98. The summed E-state index contributed by atoms with van der Waals surface area (Å²) in [6.07, 6.45) is 0. The average molecular weight is 351 g/mol. The van der Waals surface area contributed by atoms with Crippen LogP contribution in [0.25, 0.3) is 0 Å². The zero-order valence-electron chi connectivity index (χ0n) is 13.4. The Morgan fingerprint density at radius 2 is 1.76 bits per heavy atom. The van der Waals surface area contributed by atoms with Crippen LogP contribution in [0.2, 0.25) is 0 Å². The Morgan fingerprint density at radius 1 is 1.00 bits per heavy atom. The number of benzene rings is 2.